The van der Waals surface area contributed by atoms with Gasteiger partial charge in [0.1, 0.15) is 0 Å². The van der Waals surface area contributed by atoms with Crippen molar-refractivity contribution in [2.45, 2.75) is 25.3 Å². The third-order valence-electron chi connectivity index (χ3n) is 6.03. The summed E-state index contributed by atoms with van der Waals surface area (Å²) in [6.45, 7) is 4.74. The molecule has 6 heteroatoms. The van der Waals surface area contributed by atoms with Crippen LogP contribution in [0.4, 0.5) is 4.79 Å². The monoisotopic (exact) mass is 357 g/mol. The second-order valence-corrected chi connectivity index (χ2v) is 8.00. The molecule has 2 saturated heterocycles. The first-order valence-corrected chi connectivity index (χ1v) is 9.65. The Morgan fingerprint density at radius 3 is 2.31 bits per heavy atom. The molecular weight excluding hydrogens is 330 g/mol. The molecule has 2 N–H and O–H groups in total. The van der Waals surface area contributed by atoms with Gasteiger partial charge in [-0.2, -0.15) is 0 Å². The molecule has 1 saturated carbocycles. The fraction of sp³-hybridized carbons (Fsp3) is 0.600. The molecule has 0 spiro atoms. The molecule has 2 aliphatic heterocycles. The van der Waals surface area contributed by atoms with Crippen molar-refractivity contribution in [1.29, 1.82) is 0 Å². The maximum absolute atomic E-state index is 12.2. The zero-order valence-corrected chi connectivity index (χ0v) is 15.0. The van der Waals surface area contributed by atoms with E-state index in [0.717, 1.165) is 57.5 Å². The molecule has 26 heavy (non-hydrogen) atoms. The molecule has 4 rings (SSSR count). The van der Waals surface area contributed by atoms with Gasteiger partial charge in [0, 0.05) is 38.6 Å². The molecule has 140 valence electrons. The number of rotatable bonds is 6. The lowest BCUT2D eigenvalue weighted by Crippen LogP contribution is -2.35. The van der Waals surface area contributed by atoms with Crippen LogP contribution in [0.5, 0.6) is 0 Å². The van der Waals surface area contributed by atoms with Crippen LogP contribution in [-0.4, -0.2) is 59.6 Å². The van der Waals surface area contributed by atoms with E-state index in [-0.39, 0.29) is 6.04 Å². The molecular formula is C20H27N3O3. The molecule has 2 amide bonds. The lowest BCUT2D eigenvalue weighted by molar-refractivity contribution is -0.131. The Bertz CT molecular complexity index is 648. The predicted octanol–water partition coefficient (Wildman–Crippen LogP) is 2.19. The Labute approximate surface area is 154 Å². The van der Waals surface area contributed by atoms with Crippen molar-refractivity contribution in [3.8, 4) is 0 Å². The Balaban J connectivity index is 1.29. The van der Waals surface area contributed by atoms with Gasteiger partial charge in [-0.3, -0.25) is 4.79 Å². The van der Waals surface area contributed by atoms with E-state index >= 15 is 0 Å². The first kappa shape index (κ1) is 17.3. The molecule has 2 unspecified atom stereocenters. The molecule has 1 aromatic carbocycles. The van der Waals surface area contributed by atoms with E-state index in [9.17, 15) is 9.59 Å². The molecule has 1 aromatic rings. The van der Waals surface area contributed by atoms with Crippen molar-refractivity contribution in [2.75, 3.05) is 32.7 Å². The van der Waals surface area contributed by atoms with Gasteiger partial charge in [-0.05, 0) is 36.7 Å². The summed E-state index contributed by atoms with van der Waals surface area (Å²) in [6.07, 6.45) is 1.94. The van der Waals surface area contributed by atoms with E-state index in [0.29, 0.717) is 23.7 Å². The van der Waals surface area contributed by atoms with Crippen molar-refractivity contribution in [3.05, 3.63) is 35.9 Å². The van der Waals surface area contributed by atoms with E-state index < -0.39 is 6.09 Å². The first-order valence-electron chi connectivity index (χ1n) is 9.65. The molecule has 1 aliphatic carbocycles. The van der Waals surface area contributed by atoms with Gasteiger partial charge in [-0.25, -0.2) is 4.79 Å². The number of hydrogen-bond acceptors (Lipinski definition) is 3. The second kappa shape index (κ2) is 7.27. The summed E-state index contributed by atoms with van der Waals surface area (Å²) in [7, 11) is 0. The number of carbonyl (C=O) groups excluding carboxylic acids is 1. The molecule has 3 atom stereocenters. The molecule has 0 radical (unpaired) electrons. The quantitative estimate of drug-likeness (QED) is 0.819. The highest BCUT2D eigenvalue weighted by Crippen LogP contribution is 2.37. The highest BCUT2D eigenvalue weighted by Gasteiger charge is 2.44. The van der Waals surface area contributed by atoms with E-state index in [2.05, 4.69) is 15.1 Å². The minimum atomic E-state index is -0.980. The summed E-state index contributed by atoms with van der Waals surface area (Å²) < 4.78 is 0. The van der Waals surface area contributed by atoms with Gasteiger partial charge in [-0.1, -0.05) is 30.3 Å². The predicted molar refractivity (Wildman–Crippen MR) is 97.7 cm³/mol. The van der Waals surface area contributed by atoms with Crippen LogP contribution >= 0.6 is 0 Å². The summed E-state index contributed by atoms with van der Waals surface area (Å²) in [5.41, 5.74) is 1.01. The Morgan fingerprint density at radius 2 is 1.73 bits per heavy atom. The SMILES string of the molecule is O=C(O)NC(CCN1CC2CN(C(=O)C3CC3)C[C@@H]2C1)c1ccccc1. The smallest absolute Gasteiger partial charge is 0.405 e. The summed E-state index contributed by atoms with van der Waals surface area (Å²) in [5.74, 6) is 1.86. The lowest BCUT2D eigenvalue weighted by atomic mass is 10.0. The number of hydrogen-bond donors (Lipinski definition) is 2. The van der Waals surface area contributed by atoms with Crippen molar-refractivity contribution < 1.29 is 14.7 Å². The Morgan fingerprint density at radius 1 is 1.08 bits per heavy atom. The van der Waals surface area contributed by atoms with Crippen LogP contribution < -0.4 is 5.32 Å². The average molecular weight is 357 g/mol. The van der Waals surface area contributed by atoms with Crippen molar-refractivity contribution >= 4 is 12.0 Å². The number of carbonyl (C=O) groups is 2. The van der Waals surface area contributed by atoms with Crippen molar-refractivity contribution in [2.24, 2.45) is 17.8 Å². The minimum absolute atomic E-state index is 0.179. The fourth-order valence-electron chi connectivity index (χ4n) is 4.51. The molecule has 0 bridgehead atoms. The van der Waals surface area contributed by atoms with Gasteiger partial charge in [0.15, 0.2) is 0 Å². The average Bonchev–Trinajstić information content (AvgIpc) is 3.30. The molecule has 3 fully saturated rings. The van der Waals surface area contributed by atoms with Crippen LogP contribution in [0.15, 0.2) is 30.3 Å². The first-order chi connectivity index (χ1) is 12.6. The number of benzene rings is 1. The maximum Gasteiger partial charge on any atom is 0.405 e. The van der Waals surface area contributed by atoms with E-state index in [4.69, 9.17) is 5.11 Å². The zero-order valence-electron chi connectivity index (χ0n) is 15.0. The maximum atomic E-state index is 12.2. The normalized spacial score (nSPS) is 26.5. The Hall–Kier alpha value is -2.08. The fourth-order valence-corrected chi connectivity index (χ4v) is 4.51. The van der Waals surface area contributed by atoms with Gasteiger partial charge >= 0.3 is 6.09 Å². The Kier molecular flexibility index (Phi) is 4.85. The summed E-state index contributed by atoms with van der Waals surface area (Å²) in [5, 5.41) is 11.8. The highest BCUT2D eigenvalue weighted by molar-refractivity contribution is 5.81. The van der Waals surface area contributed by atoms with Crippen LogP contribution in [0.3, 0.4) is 0 Å². The van der Waals surface area contributed by atoms with E-state index in [1.54, 1.807) is 0 Å². The topological polar surface area (TPSA) is 72.9 Å². The molecule has 0 aromatic heterocycles. The summed E-state index contributed by atoms with van der Waals surface area (Å²) in [6, 6.07) is 9.59. The zero-order chi connectivity index (χ0) is 18.1. The molecule has 6 nitrogen and oxygen atoms in total. The number of carboxylic acid groups (broad SMARTS) is 1. The summed E-state index contributed by atoms with van der Waals surface area (Å²) >= 11 is 0. The largest absolute Gasteiger partial charge is 0.465 e. The lowest BCUT2D eigenvalue weighted by Gasteiger charge is -2.24. The van der Waals surface area contributed by atoms with Gasteiger partial charge < -0.3 is 20.2 Å². The van der Waals surface area contributed by atoms with Gasteiger partial charge in [-0.15, -0.1) is 0 Å². The number of nitrogens with zero attached hydrogens (tertiary/aromatic N) is 2. The van der Waals surface area contributed by atoms with Crippen LogP contribution in [-0.2, 0) is 4.79 Å². The van der Waals surface area contributed by atoms with Crippen LogP contribution in [0.1, 0.15) is 30.9 Å². The highest BCUT2D eigenvalue weighted by atomic mass is 16.4. The number of fused-ring (bicyclic) bond motifs is 1. The van der Waals surface area contributed by atoms with Gasteiger partial charge in [0.2, 0.25) is 5.91 Å². The van der Waals surface area contributed by atoms with Crippen LogP contribution in [0, 0.1) is 17.8 Å². The molecule has 3 aliphatic rings. The third kappa shape index (κ3) is 3.85. The van der Waals surface area contributed by atoms with E-state index in [1.165, 1.54) is 0 Å². The second-order valence-electron chi connectivity index (χ2n) is 8.00. The standard InChI is InChI=1S/C20H27N3O3/c24-19(15-6-7-15)23-12-16-10-22(11-17(16)13-23)9-8-18(21-20(25)26)14-4-2-1-3-5-14/h1-5,15-18,21H,6-13H2,(H,25,26)/t16-,17?,18?/m0/s1. The van der Waals surface area contributed by atoms with Crippen molar-refractivity contribution in [1.82, 2.24) is 15.1 Å². The van der Waals surface area contributed by atoms with Crippen LogP contribution in [0.2, 0.25) is 0 Å². The minimum Gasteiger partial charge on any atom is -0.465 e. The van der Waals surface area contributed by atoms with E-state index in [1.807, 2.05) is 30.3 Å². The van der Waals surface area contributed by atoms with Gasteiger partial charge in [0.25, 0.3) is 0 Å². The number of amides is 2. The third-order valence-corrected chi connectivity index (χ3v) is 6.03. The number of nitrogens with one attached hydrogen (secondary N) is 1. The van der Waals surface area contributed by atoms with Crippen LogP contribution in [0.25, 0.3) is 0 Å². The van der Waals surface area contributed by atoms with Crippen molar-refractivity contribution in [3.63, 3.8) is 0 Å². The van der Waals surface area contributed by atoms with Gasteiger partial charge in [0.05, 0.1) is 6.04 Å². The number of likely N-dealkylation sites (tertiary alicyclic amines) is 2. The summed E-state index contributed by atoms with van der Waals surface area (Å²) in [4.78, 5) is 27.9. The molecule has 2 heterocycles.